The van der Waals surface area contributed by atoms with Gasteiger partial charge in [-0.1, -0.05) is 35.9 Å². The van der Waals surface area contributed by atoms with Crippen molar-refractivity contribution in [2.45, 2.75) is 13.2 Å². The molecular weight excluding hydrogens is 418 g/mol. The fourth-order valence-corrected chi connectivity index (χ4v) is 3.17. The lowest BCUT2D eigenvalue weighted by Crippen LogP contribution is -2.23. The fraction of sp³-hybridized carbons (Fsp3) is 0.208. The standard InChI is InChI=1S/C24H24ClNO5/c1-28-21-6-4-5-18(23(21)30-3)14-26-24(27)17-9-12-20(22(13-17)29-2)31-15-16-7-10-19(25)11-8-16/h4-13H,14-15H2,1-3H3,(H,26,27). The van der Waals surface area contributed by atoms with Crippen LogP contribution in [0.4, 0.5) is 0 Å². The van der Waals surface area contributed by atoms with Gasteiger partial charge in [-0.25, -0.2) is 0 Å². The number of methoxy groups -OCH3 is 3. The smallest absolute Gasteiger partial charge is 0.251 e. The highest BCUT2D eigenvalue weighted by atomic mass is 35.5. The van der Waals surface area contributed by atoms with E-state index in [1.165, 1.54) is 7.11 Å². The zero-order valence-electron chi connectivity index (χ0n) is 17.6. The topological polar surface area (TPSA) is 66.0 Å². The van der Waals surface area contributed by atoms with Gasteiger partial charge in [-0.2, -0.15) is 0 Å². The molecule has 0 aliphatic carbocycles. The van der Waals surface area contributed by atoms with Crippen LogP contribution in [0.15, 0.2) is 60.7 Å². The molecule has 31 heavy (non-hydrogen) atoms. The number of carbonyl (C=O) groups excluding carboxylic acids is 1. The predicted octanol–water partition coefficient (Wildman–Crippen LogP) is 4.87. The molecule has 0 aromatic heterocycles. The maximum absolute atomic E-state index is 12.7. The first-order valence-corrected chi connectivity index (χ1v) is 9.97. The van der Waals surface area contributed by atoms with Gasteiger partial charge >= 0.3 is 0 Å². The van der Waals surface area contributed by atoms with Gasteiger partial charge in [-0.3, -0.25) is 4.79 Å². The Bertz CT molecular complexity index is 1040. The van der Waals surface area contributed by atoms with Crippen LogP contribution >= 0.6 is 11.6 Å². The van der Waals surface area contributed by atoms with Crippen LogP contribution in [0.25, 0.3) is 0 Å². The van der Waals surface area contributed by atoms with E-state index in [1.54, 1.807) is 38.5 Å². The van der Waals surface area contributed by atoms with Crippen LogP contribution in [0.3, 0.4) is 0 Å². The van der Waals surface area contributed by atoms with Gasteiger partial charge in [-0.05, 0) is 42.0 Å². The Morgan fingerprint density at radius 2 is 1.61 bits per heavy atom. The lowest BCUT2D eigenvalue weighted by Gasteiger charge is -2.14. The lowest BCUT2D eigenvalue weighted by molar-refractivity contribution is 0.0950. The molecule has 6 nitrogen and oxygen atoms in total. The van der Waals surface area contributed by atoms with Crippen molar-refractivity contribution in [2.24, 2.45) is 0 Å². The highest BCUT2D eigenvalue weighted by Gasteiger charge is 2.14. The summed E-state index contributed by atoms with van der Waals surface area (Å²) in [6.07, 6.45) is 0. The zero-order valence-corrected chi connectivity index (χ0v) is 18.4. The Morgan fingerprint density at radius 1 is 0.871 bits per heavy atom. The molecule has 0 heterocycles. The molecular formula is C24H24ClNO5. The van der Waals surface area contributed by atoms with E-state index in [1.807, 2.05) is 36.4 Å². The van der Waals surface area contributed by atoms with Gasteiger partial charge in [0.05, 0.1) is 21.3 Å². The van der Waals surface area contributed by atoms with Crippen LogP contribution in [-0.2, 0) is 13.2 Å². The number of amides is 1. The maximum atomic E-state index is 12.7. The monoisotopic (exact) mass is 441 g/mol. The van der Waals surface area contributed by atoms with Gasteiger partial charge in [0.15, 0.2) is 23.0 Å². The quantitative estimate of drug-likeness (QED) is 0.513. The minimum atomic E-state index is -0.243. The third-order valence-electron chi connectivity index (χ3n) is 4.66. The SMILES string of the molecule is COc1cc(C(=O)NCc2cccc(OC)c2OC)ccc1OCc1ccc(Cl)cc1. The summed E-state index contributed by atoms with van der Waals surface area (Å²) in [4.78, 5) is 12.7. The Hall–Kier alpha value is -3.38. The van der Waals surface area contributed by atoms with Crippen LogP contribution in [0.2, 0.25) is 5.02 Å². The van der Waals surface area contributed by atoms with Crippen molar-refractivity contribution in [3.8, 4) is 23.0 Å². The van der Waals surface area contributed by atoms with Crippen molar-refractivity contribution in [3.63, 3.8) is 0 Å². The van der Waals surface area contributed by atoms with Crippen LogP contribution in [0, 0.1) is 0 Å². The number of benzene rings is 3. The van der Waals surface area contributed by atoms with E-state index in [2.05, 4.69) is 5.32 Å². The molecule has 0 aliphatic heterocycles. The second-order valence-electron chi connectivity index (χ2n) is 6.62. The lowest BCUT2D eigenvalue weighted by atomic mass is 10.1. The predicted molar refractivity (Wildman–Crippen MR) is 119 cm³/mol. The number of halogens is 1. The largest absolute Gasteiger partial charge is 0.493 e. The first-order chi connectivity index (χ1) is 15.0. The van der Waals surface area contributed by atoms with Gasteiger partial charge in [0.25, 0.3) is 5.91 Å². The van der Waals surface area contributed by atoms with E-state index in [0.29, 0.717) is 40.2 Å². The average Bonchev–Trinajstić information content (AvgIpc) is 2.81. The highest BCUT2D eigenvalue weighted by molar-refractivity contribution is 6.30. The molecule has 1 amide bonds. The van der Waals surface area contributed by atoms with Gasteiger partial charge in [0, 0.05) is 22.7 Å². The van der Waals surface area contributed by atoms with E-state index < -0.39 is 0 Å². The second-order valence-corrected chi connectivity index (χ2v) is 7.05. The molecule has 162 valence electrons. The average molecular weight is 442 g/mol. The van der Waals surface area contributed by atoms with Crippen molar-refractivity contribution in [3.05, 3.63) is 82.4 Å². The number of hydrogen-bond acceptors (Lipinski definition) is 5. The van der Waals surface area contributed by atoms with Crippen LogP contribution in [0.1, 0.15) is 21.5 Å². The van der Waals surface area contributed by atoms with Crippen molar-refractivity contribution in [1.29, 1.82) is 0 Å². The second kappa shape index (κ2) is 10.6. The molecule has 0 spiro atoms. The molecule has 0 atom stereocenters. The summed E-state index contributed by atoms with van der Waals surface area (Å²) in [6, 6.07) is 18.0. The Morgan fingerprint density at radius 3 is 2.29 bits per heavy atom. The number of ether oxygens (including phenoxy) is 4. The third kappa shape index (κ3) is 5.61. The van der Waals surface area contributed by atoms with E-state index in [0.717, 1.165) is 11.1 Å². The van der Waals surface area contributed by atoms with Crippen LogP contribution in [0.5, 0.6) is 23.0 Å². The van der Waals surface area contributed by atoms with E-state index in [-0.39, 0.29) is 12.5 Å². The molecule has 3 aromatic carbocycles. The number of hydrogen-bond donors (Lipinski definition) is 1. The van der Waals surface area contributed by atoms with E-state index >= 15 is 0 Å². The summed E-state index contributed by atoms with van der Waals surface area (Å²) in [5.74, 6) is 1.98. The molecule has 0 unspecified atom stereocenters. The van der Waals surface area contributed by atoms with Crippen LogP contribution in [-0.4, -0.2) is 27.2 Å². The summed E-state index contributed by atoms with van der Waals surface area (Å²) < 4.78 is 22.0. The van der Waals surface area contributed by atoms with Crippen molar-refractivity contribution >= 4 is 17.5 Å². The van der Waals surface area contributed by atoms with Gasteiger partial charge in [0.1, 0.15) is 6.61 Å². The summed E-state index contributed by atoms with van der Waals surface area (Å²) in [7, 11) is 4.67. The molecule has 3 aromatic rings. The minimum absolute atomic E-state index is 0.243. The summed E-state index contributed by atoms with van der Waals surface area (Å²) >= 11 is 5.91. The Balaban J connectivity index is 1.67. The van der Waals surface area contributed by atoms with Crippen molar-refractivity contribution in [1.82, 2.24) is 5.32 Å². The van der Waals surface area contributed by atoms with Gasteiger partial charge in [-0.15, -0.1) is 0 Å². The summed E-state index contributed by atoms with van der Waals surface area (Å²) in [5.41, 5.74) is 2.24. The minimum Gasteiger partial charge on any atom is -0.493 e. The number of rotatable bonds is 9. The third-order valence-corrected chi connectivity index (χ3v) is 4.91. The normalized spacial score (nSPS) is 10.3. The Labute approximate surface area is 186 Å². The highest BCUT2D eigenvalue weighted by Crippen LogP contribution is 2.31. The molecule has 7 heteroatoms. The Kier molecular flexibility index (Phi) is 7.62. The van der Waals surface area contributed by atoms with Crippen molar-refractivity contribution < 1.29 is 23.7 Å². The number of carbonyl (C=O) groups is 1. The number of para-hydroxylation sites is 1. The molecule has 0 fully saturated rings. The molecule has 0 saturated heterocycles. The van der Waals surface area contributed by atoms with E-state index in [4.69, 9.17) is 30.5 Å². The first kappa shape index (κ1) is 22.3. The molecule has 1 N–H and O–H groups in total. The molecule has 0 aliphatic rings. The first-order valence-electron chi connectivity index (χ1n) is 9.59. The summed E-state index contributed by atoms with van der Waals surface area (Å²) in [6.45, 7) is 0.644. The van der Waals surface area contributed by atoms with Crippen LogP contribution < -0.4 is 24.3 Å². The molecule has 0 bridgehead atoms. The van der Waals surface area contributed by atoms with Gasteiger partial charge < -0.3 is 24.3 Å². The number of nitrogens with one attached hydrogen (secondary N) is 1. The van der Waals surface area contributed by atoms with E-state index in [9.17, 15) is 4.79 Å². The molecule has 0 radical (unpaired) electrons. The maximum Gasteiger partial charge on any atom is 0.251 e. The summed E-state index contributed by atoms with van der Waals surface area (Å²) in [5, 5.41) is 3.56. The fourth-order valence-electron chi connectivity index (χ4n) is 3.04. The molecule has 3 rings (SSSR count). The zero-order chi connectivity index (χ0) is 22.2. The van der Waals surface area contributed by atoms with Crippen molar-refractivity contribution in [2.75, 3.05) is 21.3 Å². The van der Waals surface area contributed by atoms with Gasteiger partial charge in [0.2, 0.25) is 0 Å². The molecule has 0 saturated carbocycles.